The number of hydrogen-bond donors (Lipinski definition) is 0. The van der Waals surface area contributed by atoms with Crippen LogP contribution in [0.4, 0.5) is 0 Å². The molecule has 4 aromatic carbocycles. The Kier molecular flexibility index (Phi) is 4.48. The molecule has 0 aliphatic rings. The van der Waals surface area contributed by atoms with E-state index >= 15 is 0 Å². The molecule has 1 aromatic heterocycles. The van der Waals surface area contributed by atoms with E-state index < -0.39 is 0 Å². The molecule has 0 amide bonds. The molecule has 5 aromatic rings. The third-order valence-corrected chi connectivity index (χ3v) is 6.14. The number of benzene rings is 4. The highest BCUT2D eigenvalue weighted by molar-refractivity contribution is 7.21. The summed E-state index contributed by atoms with van der Waals surface area (Å²) in [5, 5.41) is 1.07. The minimum Gasteiger partial charge on any atom is -0.236 e. The number of nitrogens with zero attached hydrogens (tertiary/aromatic N) is 1. The SMILES string of the molecule is c1ccc(C(c2ccccc2)c2ccc(-c3nc4ccccc4s3)cc2)cc1. The van der Waals surface area contributed by atoms with Crippen LogP contribution in [0.25, 0.3) is 20.8 Å². The Labute approximate surface area is 169 Å². The highest BCUT2D eigenvalue weighted by Crippen LogP contribution is 2.34. The summed E-state index contributed by atoms with van der Waals surface area (Å²) in [6, 6.07) is 38.6. The molecule has 0 aliphatic heterocycles. The van der Waals surface area contributed by atoms with Gasteiger partial charge in [0.15, 0.2) is 0 Å². The Morgan fingerprint density at radius 3 is 1.68 bits per heavy atom. The quantitative estimate of drug-likeness (QED) is 0.303. The molecule has 134 valence electrons. The van der Waals surface area contributed by atoms with Crippen LogP contribution in [0.3, 0.4) is 0 Å². The van der Waals surface area contributed by atoms with E-state index in [-0.39, 0.29) is 5.92 Å². The summed E-state index contributed by atoms with van der Waals surface area (Å²) >= 11 is 1.75. The molecule has 1 nitrogen and oxygen atoms in total. The van der Waals surface area contributed by atoms with Crippen molar-refractivity contribution in [2.75, 3.05) is 0 Å². The van der Waals surface area contributed by atoms with Gasteiger partial charge in [-0.3, -0.25) is 0 Å². The minimum atomic E-state index is 0.229. The van der Waals surface area contributed by atoms with E-state index in [1.165, 1.54) is 27.0 Å². The Balaban J connectivity index is 1.55. The Bertz CT molecular complexity index is 1120. The van der Waals surface area contributed by atoms with Gasteiger partial charge in [0, 0.05) is 11.5 Å². The van der Waals surface area contributed by atoms with Crippen molar-refractivity contribution in [2.24, 2.45) is 0 Å². The number of para-hydroxylation sites is 1. The molecule has 0 fully saturated rings. The Morgan fingerprint density at radius 2 is 1.07 bits per heavy atom. The predicted molar refractivity (Wildman–Crippen MR) is 119 cm³/mol. The third-order valence-electron chi connectivity index (χ3n) is 5.05. The molecule has 0 radical (unpaired) electrons. The van der Waals surface area contributed by atoms with Crippen molar-refractivity contribution in [2.45, 2.75) is 5.92 Å². The fourth-order valence-electron chi connectivity index (χ4n) is 3.68. The lowest BCUT2D eigenvalue weighted by Crippen LogP contribution is -2.03. The van der Waals surface area contributed by atoms with Crippen LogP contribution < -0.4 is 0 Å². The maximum Gasteiger partial charge on any atom is 0.124 e. The molecule has 0 atom stereocenters. The van der Waals surface area contributed by atoms with Crippen LogP contribution in [0.15, 0.2) is 109 Å². The first-order valence-corrected chi connectivity index (χ1v) is 10.3. The summed E-state index contributed by atoms with van der Waals surface area (Å²) in [6.45, 7) is 0. The van der Waals surface area contributed by atoms with Crippen molar-refractivity contribution >= 4 is 21.6 Å². The lowest BCUT2D eigenvalue weighted by molar-refractivity contribution is 0.978. The number of fused-ring (bicyclic) bond motifs is 1. The predicted octanol–water partition coefficient (Wildman–Crippen LogP) is 7.14. The molecule has 0 bridgehead atoms. The first-order valence-electron chi connectivity index (χ1n) is 9.44. The van der Waals surface area contributed by atoms with Crippen molar-refractivity contribution in [3.05, 3.63) is 126 Å². The van der Waals surface area contributed by atoms with E-state index in [0.29, 0.717) is 0 Å². The number of rotatable bonds is 4. The number of hydrogen-bond acceptors (Lipinski definition) is 2. The van der Waals surface area contributed by atoms with Crippen LogP contribution in [0.2, 0.25) is 0 Å². The van der Waals surface area contributed by atoms with E-state index in [1.807, 2.05) is 6.07 Å². The molecule has 0 N–H and O–H groups in total. The van der Waals surface area contributed by atoms with Crippen molar-refractivity contribution in [1.29, 1.82) is 0 Å². The molecule has 5 rings (SSSR count). The molecule has 1 heterocycles. The second-order valence-corrected chi connectivity index (χ2v) is 7.89. The maximum atomic E-state index is 4.79. The molecule has 0 aliphatic carbocycles. The van der Waals surface area contributed by atoms with Gasteiger partial charge in [-0.1, -0.05) is 97.1 Å². The highest BCUT2D eigenvalue weighted by atomic mass is 32.1. The second-order valence-electron chi connectivity index (χ2n) is 6.86. The van der Waals surface area contributed by atoms with E-state index in [9.17, 15) is 0 Å². The molecule has 28 heavy (non-hydrogen) atoms. The zero-order valence-electron chi connectivity index (χ0n) is 15.3. The van der Waals surface area contributed by atoms with Gasteiger partial charge in [0.1, 0.15) is 5.01 Å². The fraction of sp³-hybridized carbons (Fsp3) is 0.0385. The highest BCUT2D eigenvalue weighted by Gasteiger charge is 2.16. The lowest BCUT2D eigenvalue weighted by Gasteiger charge is -2.19. The zero-order chi connectivity index (χ0) is 18.8. The van der Waals surface area contributed by atoms with Gasteiger partial charge in [0.05, 0.1) is 10.2 Å². The van der Waals surface area contributed by atoms with E-state index in [1.54, 1.807) is 11.3 Å². The first kappa shape index (κ1) is 16.9. The average molecular weight is 378 g/mol. The van der Waals surface area contributed by atoms with Crippen LogP contribution in [-0.2, 0) is 0 Å². The molecule has 2 heteroatoms. The largest absolute Gasteiger partial charge is 0.236 e. The van der Waals surface area contributed by atoms with Gasteiger partial charge in [0.25, 0.3) is 0 Å². The summed E-state index contributed by atoms with van der Waals surface area (Å²) in [5.74, 6) is 0.229. The molecule has 0 unspecified atom stereocenters. The van der Waals surface area contributed by atoms with Gasteiger partial charge in [-0.2, -0.15) is 0 Å². The van der Waals surface area contributed by atoms with Crippen molar-refractivity contribution in [1.82, 2.24) is 4.98 Å². The maximum absolute atomic E-state index is 4.79. The van der Waals surface area contributed by atoms with Crippen molar-refractivity contribution < 1.29 is 0 Å². The summed E-state index contributed by atoms with van der Waals surface area (Å²) in [7, 11) is 0. The van der Waals surface area contributed by atoms with Gasteiger partial charge in [-0.15, -0.1) is 11.3 Å². The van der Waals surface area contributed by atoms with Gasteiger partial charge < -0.3 is 0 Å². The van der Waals surface area contributed by atoms with Crippen molar-refractivity contribution in [3.8, 4) is 10.6 Å². The first-order chi connectivity index (χ1) is 13.9. The molecule has 0 spiro atoms. The standard InChI is InChI=1S/C26H19NS/c1-3-9-19(10-4-1)25(20-11-5-2-6-12-20)21-15-17-22(18-16-21)26-27-23-13-7-8-14-24(23)28-26/h1-18,25H. The van der Waals surface area contributed by atoms with Gasteiger partial charge >= 0.3 is 0 Å². The molecule has 0 saturated heterocycles. The number of thiazole rings is 1. The fourth-order valence-corrected chi connectivity index (χ4v) is 4.65. The Morgan fingerprint density at radius 1 is 0.536 bits per heavy atom. The summed E-state index contributed by atoms with van der Waals surface area (Å²) in [4.78, 5) is 4.79. The van der Waals surface area contributed by atoms with Crippen LogP contribution in [0.5, 0.6) is 0 Å². The Hall–Kier alpha value is -3.23. The molecule has 0 saturated carbocycles. The zero-order valence-corrected chi connectivity index (χ0v) is 16.1. The van der Waals surface area contributed by atoms with Crippen molar-refractivity contribution in [3.63, 3.8) is 0 Å². The summed E-state index contributed by atoms with van der Waals surface area (Å²) in [5.41, 5.74) is 6.15. The normalized spacial score (nSPS) is 11.2. The van der Waals surface area contributed by atoms with Gasteiger partial charge in [0.2, 0.25) is 0 Å². The van der Waals surface area contributed by atoms with Gasteiger partial charge in [-0.25, -0.2) is 4.98 Å². The summed E-state index contributed by atoms with van der Waals surface area (Å²) in [6.07, 6.45) is 0. The molecular weight excluding hydrogens is 358 g/mol. The monoisotopic (exact) mass is 377 g/mol. The van der Waals surface area contributed by atoms with E-state index in [2.05, 4.69) is 103 Å². The average Bonchev–Trinajstić information content (AvgIpc) is 3.20. The van der Waals surface area contributed by atoms with E-state index in [4.69, 9.17) is 4.98 Å². The second kappa shape index (κ2) is 7.41. The van der Waals surface area contributed by atoms with Crippen LogP contribution in [0.1, 0.15) is 22.6 Å². The topological polar surface area (TPSA) is 12.9 Å². The number of aromatic nitrogens is 1. The van der Waals surface area contributed by atoms with Crippen LogP contribution in [0, 0.1) is 0 Å². The van der Waals surface area contributed by atoms with Crippen LogP contribution in [-0.4, -0.2) is 4.98 Å². The minimum absolute atomic E-state index is 0.229. The van der Waals surface area contributed by atoms with E-state index in [0.717, 1.165) is 10.5 Å². The molecular formula is C26H19NS. The lowest BCUT2D eigenvalue weighted by atomic mass is 9.85. The summed E-state index contributed by atoms with van der Waals surface area (Å²) < 4.78 is 1.23. The smallest absolute Gasteiger partial charge is 0.124 e. The third kappa shape index (κ3) is 3.23. The van der Waals surface area contributed by atoms with Crippen LogP contribution >= 0.6 is 11.3 Å². The van der Waals surface area contributed by atoms with Gasteiger partial charge in [-0.05, 0) is 28.8 Å².